The van der Waals surface area contributed by atoms with Crippen LogP contribution >= 0.6 is 11.6 Å². The number of benzene rings is 2. The van der Waals surface area contributed by atoms with Gasteiger partial charge in [-0.2, -0.15) is 0 Å². The zero-order valence-electron chi connectivity index (χ0n) is 10.3. The Morgan fingerprint density at radius 2 is 1.95 bits per heavy atom. The molecule has 2 aromatic carbocycles. The van der Waals surface area contributed by atoms with E-state index in [0.29, 0.717) is 16.3 Å². The van der Waals surface area contributed by atoms with Gasteiger partial charge in [-0.05, 0) is 36.2 Å². The first kappa shape index (κ1) is 12.2. The van der Waals surface area contributed by atoms with Crippen molar-refractivity contribution in [1.29, 1.82) is 0 Å². The lowest BCUT2D eigenvalue weighted by Gasteiger charge is -2.33. The molecule has 2 aromatic rings. The molecule has 1 unspecified atom stereocenters. The molecule has 0 radical (unpaired) electrons. The minimum absolute atomic E-state index is 0.193. The van der Waals surface area contributed by atoms with Crippen LogP contribution in [0.15, 0.2) is 42.5 Å². The molecule has 1 aliphatic heterocycles. The molecule has 4 heteroatoms. The van der Waals surface area contributed by atoms with Gasteiger partial charge in [0.2, 0.25) is 0 Å². The number of Topliss-reactive ketones (excluding diaryl/α,β-unsaturated/α-hetero) is 1. The van der Waals surface area contributed by atoms with Crippen molar-refractivity contribution in [2.24, 2.45) is 0 Å². The zero-order valence-corrected chi connectivity index (χ0v) is 11.0. The topological polar surface area (TPSA) is 43.4 Å². The SMILES string of the molecule is Cc1ccccc1C1C(=O)c2cc(Cl)ccc2N1[O-]. The monoisotopic (exact) mass is 272 g/mol. The summed E-state index contributed by atoms with van der Waals surface area (Å²) < 4.78 is 0. The summed E-state index contributed by atoms with van der Waals surface area (Å²) in [7, 11) is 0. The van der Waals surface area contributed by atoms with E-state index in [1.54, 1.807) is 18.2 Å². The molecule has 3 rings (SSSR count). The molecule has 0 aromatic heterocycles. The first-order valence-corrected chi connectivity index (χ1v) is 6.33. The molecule has 96 valence electrons. The number of hydrogen-bond acceptors (Lipinski definition) is 3. The van der Waals surface area contributed by atoms with Crippen LogP contribution in [0.2, 0.25) is 5.02 Å². The summed E-state index contributed by atoms with van der Waals surface area (Å²) in [5.41, 5.74) is 2.47. The van der Waals surface area contributed by atoms with E-state index in [2.05, 4.69) is 0 Å². The maximum absolute atomic E-state index is 12.4. The molecule has 1 heterocycles. The summed E-state index contributed by atoms with van der Waals surface area (Å²) in [4.78, 5) is 12.4. The van der Waals surface area contributed by atoms with Gasteiger partial charge in [0, 0.05) is 16.3 Å². The van der Waals surface area contributed by atoms with Crippen LogP contribution < -0.4 is 5.06 Å². The van der Waals surface area contributed by atoms with E-state index in [-0.39, 0.29) is 5.78 Å². The average molecular weight is 273 g/mol. The van der Waals surface area contributed by atoms with Crippen molar-refractivity contribution in [3.05, 3.63) is 69.4 Å². The molecule has 0 aliphatic carbocycles. The van der Waals surface area contributed by atoms with Gasteiger partial charge in [0.25, 0.3) is 0 Å². The Bertz CT molecular complexity index is 669. The average Bonchev–Trinajstić information content (AvgIpc) is 2.63. The van der Waals surface area contributed by atoms with Crippen LogP contribution in [0, 0.1) is 12.1 Å². The highest BCUT2D eigenvalue weighted by Gasteiger charge is 2.34. The molecular formula is C15H11ClNO2-. The smallest absolute Gasteiger partial charge is 0.191 e. The number of carbonyl (C=O) groups excluding carboxylic acids is 1. The predicted molar refractivity (Wildman–Crippen MR) is 75.5 cm³/mol. The number of aryl methyl sites for hydroxylation is 1. The minimum Gasteiger partial charge on any atom is -0.758 e. The molecule has 0 amide bonds. The van der Waals surface area contributed by atoms with Gasteiger partial charge < -0.3 is 10.3 Å². The molecule has 3 nitrogen and oxygen atoms in total. The number of nitrogens with zero attached hydrogens (tertiary/aromatic N) is 1. The zero-order chi connectivity index (χ0) is 13.6. The Hall–Kier alpha value is -1.84. The summed E-state index contributed by atoms with van der Waals surface area (Å²) in [5.74, 6) is -0.193. The Morgan fingerprint density at radius 1 is 1.21 bits per heavy atom. The maximum atomic E-state index is 12.4. The van der Waals surface area contributed by atoms with Gasteiger partial charge in [-0.15, -0.1) is 0 Å². The third-order valence-electron chi connectivity index (χ3n) is 3.43. The fraction of sp³-hybridized carbons (Fsp3) is 0.133. The van der Waals surface area contributed by atoms with Gasteiger partial charge in [-0.3, -0.25) is 4.79 Å². The number of hydrogen-bond donors (Lipinski definition) is 0. The normalized spacial score (nSPS) is 17.7. The Morgan fingerprint density at radius 3 is 2.68 bits per heavy atom. The molecular weight excluding hydrogens is 262 g/mol. The summed E-state index contributed by atoms with van der Waals surface area (Å²) in [6, 6.07) is 11.4. The second-order valence-electron chi connectivity index (χ2n) is 4.61. The van der Waals surface area contributed by atoms with E-state index in [1.165, 1.54) is 0 Å². The fourth-order valence-electron chi connectivity index (χ4n) is 2.45. The number of carbonyl (C=O) groups is 1. The highest BCUT2D eigenvalue weighted by Crippen LogP contribution is 2.41. The lowest BCUT2D eigenvalue weighted by atomic mass is 9.97. The third-order valence-corrected chi connectivity index (χ3v) is 3.66. The number of anilines is 1. The highest BCUT2D eigenvalue weighted by molar-refractivity contribution is 6.31. The standard InChI is InChI=1S/C15H11ClNO2/c1-9-4-2-3-5-11(9)14-15(18)12-8-10(16)6-7-13(12)17(14)19/h2-8,14H,1H3/q-1. The van der Waals surface area contributed by atoms with Crippen molar-refractivity contribution in [3.8, 4) is 0 Å². The van der Waals surface area contributed by atoms with Crippen LogP contribution in [0.4, 0.5) is 5.69 Å². The quantitative estimate of drug-likeness (QED) is 0.791. The van der Waals surface area contributed by atoms with Gasteiger partial charge in [0.05, 0.1) is 0 Å². The van der Waals surface area contributed by atoms with Gasteiger partial charge in [0.1, 0.15) is 6.04 Å². The van der Waals surface area contributed by atoms with E-state index in [1.807, 2.05) is 31.2 Å². The molecule has 19 heavy (non-hydrogen) atoms. The van der Waals surface area contributed by atoms with Crippen molar-refractivity contribution in [1.82, 2.24) is 0 Å². The predicted octanol–water partition coefficient (Wildman–Crippen LogP) is 3.89. The van der Waals surface area contributed by atoms with Crippen LogP contribution in [-0.4, -0.2) is 5.78 Å². The molecule has 0 fully saturated rings. The summed E-state index contributed by atoms with van der Waals surface area (Å²) in [6.07, 6.45) is 0. The minimum atomic E-state index is -0.797. The molecule has 0 saturated heterocycles. The lowest BCUT2D eigenvalue weighted by molar-refractivity contribution is 0.0973. The number of halogens is 1. The largest absolute Gasteiger partial charge is 0.758 e. The van der Waals surface area contributed by atoms with Crippen LogP contribution in [0.3, 0.4) is 0 Å². The highest BCUT2D eigenvalue weighted by atomic mass is 35.5. The Balaban J connectivity index is 2.13. The summed E-state index contributed by atoms with van der Waals surface area (Å²) >= 11 is 5.89. The van der Waals surface area contributed by atoms with Crippen molar-refractivity contribution in [2.75, 3.05) is 5.06 Å². The number of fused-ring (bicyclic) bond motifs is 1. The van der Waals surface area contributed by atoms with Gasteiger partial charge in [-0.1, -0.05) is 35.9 Å². The van der Waals surface area contributed by atoms with E-state index in [9.17, 15) is 10.0 Å². The van der Waals surface area contributed by atoms with Crippen LogP contribution in [0.5, 0.6) is 0 Å². The molecule has 1 atom stereocenters. The van der Waals surface area contributed by atoms with Crippen molar-refractivity contribution >= 4 is 23.1 Å². The van der Waals surface area contributed by atoms with Gasteiger partial charge >= 0.3 is 0 Å². The van der Waals surface area contributed by atoms with E-state index < -0.39 is 6.04 Å². The second-order valence-corrected chi connectivity index (χ2v) is 5.05. The van der Waals surface area contributed by atoms with Gasteiger partial charge in [0.15, 0.2) is 5.78 Å². The van der Waals surface area contributed by atoms with E-state index >= 15 is 0 Å². The third kappa shape index (κ3) is 1.82. The number of rotatable bonds is 1. The number of ketones is 1. The van der Waals surface area contributed by atoms with Crippen molar-refractivity contribution < 1.29 is 4.79 Å². The Labute approximate surface area is 116 Å². The molecule has 0 saturated carbocycles. The number of hydroxylamine groups is 1. The van der Waals surface area contributed by atoms with Crippen molar-refractivity contribution in [3.63, 3.8) is 0 Å². The summed E-state index contributed by atoms with van der Waals surface area (Å²) in [5, 5.41) is 13.6. The molecule has 1 aliphatic rings. The van der Waals surface area contributed by atoms with Crippen molar-refractivity contribution in [2.45, 2.75) is 13.0 Å². The fourth-order valence-corrected chi connectivity index (χ4v) is 2.62. The van der Waals surface area contributed by atoms with Crippen LogP contribution in [0.25, 0.3) is 0 Å². The van der Waals surface area contributed by atoms with Crippen LogP contribution in [0.1, 0.15) is 27.5 Å². The Kier molecular flexibility index (Phi) is 2.81. The molecule has 0 N–H and O–H groups in total. The molecule has 0 spiro atoms. The van der Waals surface area contributed by atoms with E-state index in [4.69, 9.17) is 11.6 Å². The maximum Gasteiger partial charge on any atom is 0.191 e. The first-order valence-electron chi connectivity index (χ1n) is 5.95. The second kappa shape index (κ2) is 4.37. The lowest BCUT2D eigenvalue weighted by Crippen LogP contribution is -2.22. The molecule has 0 bridgehead atoms. The van der Waals surface area contributed by atoms with Crippen LogP contribution in [-0.2, 0) is 0 Å². The van der Waals surface area contributed by atoms with E-state index in [0.717, 1.165) is 16.2 Å². The van der Waals surface area contributed by atoms with Gasteiger partial charge in [-0.25, -0.2) is 0 Å². The summed E-state index contributed by atoms with van der Waals surface area (Å²) in [6.45, 7) is 1.90. The first-order chi connectivity index (χ1) is 9.09.